The van der Waals surface area contributed by atoms with E-state index in [2.05, 4.69) is 5.73 Å². The van der Waals surface area contributed by atoms with Crippen molar-refractivity contribution in [2.75, 3.05) is 7.11 Å². The minimum absolute atomic E-state index is 0.113. The van der Waals surface area contributed by atoms with Gasteiger partial charge in [-0.2, -0.15) is 0 Å². The molecule has 122 valence electrons. The molecule has 2 aromatic rings. The van der Waals surface area contributed by atoms with Gasteiger partial charge in [-0.05, 0) is 24.3 Å². The van der Waals surface area contributed by atoms with E-state index in [4.69, 9.17) is 9.94 Å². The Hall–Kier alpha value is -3.26. The second-order valence-electron chi connectivity index (χ2n) is 4.21. The van der Waals surface area contributed by atoms with Crippen LogP contribution < -0.4 is 16.0 Å². The van der Waals surface area contributed by atoms with Gasteiger partial charge in [0.1, 0.15) is 17.2 Å². The number of amides is 2. The maximum absolute atomic E-state index is 12.1. The summed E-state index contributed by atoms with van der Waals surface area (Å²) >= 11 is 0. The van der Waals surface area contributed by atoms with Gasteiger partial charge in [0.2, 0.25) is 0 Å². The Labute approximate surface area is 131 Å². The molecule has 0 saturated heterocycles. The molecule has 0 spiro atoms. The summed E-state index contributed by atoms with van der Waals surface area (Å²) in [6.45, 7) is 0. The molecule has 0 bridgehead atoms. The number of primary amides is 1. The number of ether oxygens (including phenoxy) is 1. The van der Waals surface area contributed by atoms with Crippen molar-refractivity contribution in [3.05, 3.63) is 53.6 Å². The van der Waals surface area contributed by atoms with Crippen molar-refractivity contribution >= 4 is 11.8 Å². The van der Waals surface area contributed by atoms with Crippen LogP contribution in [0.5, 0.6) is 17.2 Å². The van der Waals surface area contributed by atoms with Gasteiger partial charge in [0, 0.05) is 6.07 Å². The van der Waals surface area contributed by atoms with Crippen molar-refractivity contribution in [3.63, 3.8) is 0 Å². The molecule has 0 saturated carbocycles. The number of hydroxylamine groups is 1. The molecule has 2 amide bonds. The molecule has 0 radical (unpaired) electrons. The normalized spacial score (nSPS) is 9.30. The number of phenolic OH excluding ortho intramolecular Hbond substituents is 2. The summed E-state index contributed by atoms with van der Waals surface area (Å²) in [7, 11) is 1.47. The Kier molecular flexibility index (Phi) is 6.38. The third-order valence-corrected chi connectivity index (χ3v) is 2.71. The van der Waals surface area contributed by atoms with Gasteiger partial charge in [-0.1, -0.05) is 12.1 Å². The number of methoxy groups -OCH3 is 1. The number of nitrogens with two attached hydrogens (primary N) is 1. The molecule has 8 heteroatoms. The molecule has 0 aliphatic rings. The third-order valence-electron chi connectivity index (χ3n) is 2.71. The van der Waals surface area contributed by atoms with Crippen LogP contribution in [0.15, 0.2) is 42.5 Å². The zero-order valence-electron chi connectivity index (χ0n) is 12.2. The van der Waals surface area contributed by atoms with Gasteiger partial charge in [-0.15, -0.1) is 0 Å². The third kappa shape index (κ3) is 4.90. The Morgan fingerprint density at radius 3 is 2.09 bits per heavy atom. The van der Waals surface area contributed by atoms with Crippen LogP contribution in [-0.4, -0.2) is 34.3 Å². The molecule has 0 aromatic heterocycles. The predicted molar refractivity (Wildman–Crippen MR) is 80.7 cm³/mol. The monoisotopic (exact) mass is 320 g/mol. The van der Waals surface area contributed by atoms with Crippen LogP contribution in [-0.2, 0) is 0 Å². The standard InChI is InChI=1S/C14H12O4.CH4N2O2/c1-18-9-6-7-11(13(16)8-9)14(17)10-4-2-3-5-12(10)15;2-1(4)3-5/h2-8,15-16H,1H3;5H,(H3,2,3,4). The van der Waals surface area contributed by atoms with Crippen molar-refractivity contribution in [2.24, 2.45) is 5.73 Å². The van der Waals surface area contributed by atoms with Crippen LogP contribution in [0, 0.1) is 0 Å². The first-order valence-electron chi connectivity index (χ1n) is 6.30. The highest BCUT2D eigenvalue weighted by molar-refractivity contribution is 6.12. The molecule has 6 N–H and O–H groups in total. The molecule has 23 heavy (non-hydrogen) atoms. The molecule has 0 atom stereocenters. The maximum atomic E-state index is 12.1. The second kappa shape index (κ2) is 8.25. The zero-order valence-corrected chi connectivity index (χ0v) is 12.2. The van der Waals surface area contributed by atoms with Crippen molar-refractivity contribution in [1.29, 1.82) is 0 Å². The lowest BCUT2D eigenvalue weighted by Crippen LogP contribution is -2.25. The van der Waals surface area contributed by atoms with Gasteiger partial charge in [0.25, 0.3) is 0 Å². The van der Waals surface area contributed by atoms with Crippen LogP contribution in [0.2, 0.25) is 0 Å². The molecule has 0 aliphatic carbocycles. The van der Waals surface area contributed by atoms with Crippen LogP contribution >= 0.6 is 0 Å². The van der Waals surface area contributed by atoms with E-state index < -0.39 is 11.8 Å². The number of urea groups is 1. The maximum Gasteiger partial charge on any atom is 0.335 e. The Bertz CT molecular complexity index is 702. The van der Waals surface area contributed by atoms with Gasteiger partial charge in [-0.25, -0.2) is 10.3 Å². The largest absolute Gasteiger partial charge is 0.507 e. The topological polar surface area (TPSA) is 142 Å². The lowest BCUT2D eigenvalue weighted by Gasteiger charge is -2.07. The first kappa shape index (κ1) is 17.8. The van der Waals surface area contributed by atoms with E-state index in [1.807, 2.05) is 0 Å². The number of carbonyl (C=O) groups is 2. The number of aromatic hydroxyl groups is 2. The van der Waals surface area contributed by atoms with Crippen LogP contribution in [0.1, 0.15) is 15.9 Å². The number of hydrogen-bond acceptors (Lipinski definition) is 6. The summed E-state index contributed by atoms with van der Waals surface area (Å²) in [5.74, 6) is -0.269. The Morgan fingerprint density at radius 2 is 1.61 bits per heavy atom. The summed E-state index contributed by atoms with van der Waals surface area (Å²) in [6.07, 6.45) is 0. The van der Waals surface area contributed by atoms with E-state index in [0.717, 1.165) is 0 Å². The first-order chi connectivity index (χ1) is 10.9. The van der Waals surface area contributed by atoms with E-state index >= 15 is 0 Å². The van der Waals surface area contributed by atoms with Crippen molar-refractivity contribution in [2.45, 2.75) is 0 Å². The number of ketones is 1. The molecule has 8 nitrogen and oxygen atoms in total. The minimum atomic E-state index is -0.940. The summed E-state index contributed by atoms with van der Waals surface area (Å²) in [5.41, 5.74) is 5.73. The van der Waals surface area contributed by atoms with E-state index in [1.165, 1.54) is 36.9 Å². The van der Waals surface area contributed by atoms with E-state index in [9.17, 15) is 19.8 Å². The molecular weight excluding hydrogens is 304 g/mol. The lowest BCUT2D eigenvalue weighted by molar-refractivity contribution is 0.103. The number of hydrogen-bond donors (Lipinski definition) is 5. The van der Waals surface area contributed by atoms with Gasteiger partial charge < -0.3 is 20.7 Å². The van der Waals surface area contributed by atoms with Crippen molar-refractivity contribution in [3.8, 4) is 17.2 Å². The number of nitrogens with one attached hydrogen (secondary N) is 1. The molecule has 0 aliphatic heterocycles. The second-order valence-corrected chi connectivity index (χ2v) is 4.21. The molecule has 0 heterocycles. The minimum Gasteiger partial charge on any atom is -0.507 e. The van der Waals surface area contributed by atoms with Gasteiger partial charge in [0.15, 0.2) is 5.78 Å². The molecule has 2 rings (SSSR count). The summed E-state index contributed by atoms with van der Waals surface area (Å²) in [4.78, 5) is 21.4. The first-order valence-corrected chi connectivity index (χ1v) is 6.30. The average Bonchev–Trinajstić information content (AvgIpc) is 2.55. The average molecular weight is 320 g/mol. The number of benzene rings is 2. The highest BCUT2D eigenvalue weighted by atomic mass is 16.5. The van der Waals surface area contributed by atoms with Crippen molar-refractivity contribution in [1.82, 2.24) is 5.48 Å². The summed E-state index contributed by atoms with van der Waals surface area (Å²) in [6, 6.07) is 9.65. The molecular formula is C15H16N2O6. The SMILES string of the molecule is COc1ccc(C(=O)c2ccccc2O)c(O)c1.NC(=O)NO. The molecule has 0 fully saturated rings. The summed E-state index contributed by atoms with van der Waals surface area (Å²) in [5, 5.41) is 26.8. The Balaban J connectivity index is 0.000000463. The number of rotatable bonds is 3. The lowest BCUT2D eigenvalue weighted by atomic mass is 10.0. The van der Waals surface area contributed by atoms with E-state index in [-0.39, 0.29) is 22.6 Å². The predicted octanol–water partition coefficient (Wildman–Crippen LogP) is 1.38. The highest BCUT2D eigenvalue weighted by Gasteiger charge is 2.16. The van der Waals surface area contributed by atoms with Crippen LogP contribution in [0.4, 0.5) is 4.79 Å². The number of para-hydroxylation sites is 1. The number of carbonyl (C=O) groups excluding carboxylic acids is 2. The van der Waals surface area contributed by atoms with Gasteiger partial charge >= 0.3 is 6.03 Å². The van der Waals surface area contributed by atoms with E-state index in [1.54, 1.807) is 18.2 Å². The van der Waals surface area contributed by atoms with Crippen LogP contribution in [0.3, 0.4) is 0 Å². The van der Waals surface area contributed by atoms with Crippen molar-refractivity contribution < 1.29 is 29.7 Å². The quantitative estimate of drug-likeness (QED) is 0.328. The fourth-order valence-electron chi connectivity index (χ4n) is 1.64. The van der Waals surface area contributed by atoms with E-state index in [0.29, 0.717) is 5.75 Å². The van der Waals surface area contributed by atoms with Crippen LogP contribution in [0.25, 0.3) is 0 Å². The van der Waals surface area contributed by atoms with Gasteiger partial charge in [0.05, 0.1) is 18.2 Å². The zero-order chi connectivity index (χ0) is 17.4. The summed E-state index contributed by atoms with van der Waals surface area (Å²) < 4.78 is 4.94. The fraction of sp³-hybridized carbons (Fsp3) is 0.0667. The smallest absolute Gasteiger partial charge is 0.335 e. The number of phenols is 2. The van der Waals surface area contributed by atoms with Gasteiger partial charge in [-0.3, -0.25) is 10.0 Å². The fourth-order valence-corrected chi connectivity index (χ4v) is 1.64. The molecule has 0 unspecified atom stereocenters. The molecule has 2 aromatic carbocycles. The highest BCUT2D eigenvalue weighted by Crippen LogP contribution is 2.28. The Morgan fingerprint density at radius 1 is 1.04 bits per heavy atom.